The molecule has 1 aromatic heterocycles. The summed E-state index contributed by atoms with van der Waals surface area (Å²) in [4.78, 5) is 29.3. The zero-order valence-corrected chi connectivity index (χ0v) is 14.5. The summed E-state index contributed by atoms with van der Waals surface area (Å²) in [5.74, 6) is -0.451. The molecule has 0 N–H and O–H groups in total. The van der Waals surface area contributed by atoms with Gasteiger partial charge >= 0.3 is 11.9 Å². The molecule has 0 bridgehead atoms. The number of nitrogens with zero attached hydrogens (tertiary/aromatic N) is 2. The SMILES string of the molecule is CCOC(=O)c1ncn(CCSc2ccccc2)c1C(=O)OCC. The van der Waals surface area contributed by atoms with E-state index < -0.39 is 11.9 Å². The summed E-state index contributed by atoms with van der Waals surface area (Å²) in [5.41, 5.74) is 0.143. The van der Waals surface area contributed by atoms with E-state index in [1.54, 1.807) is 30.2 Å². The molecule has 6 nitrogen and oxygen atoms in total. The predicted molar refractivity (Wildman–Crippen MR) is 91.3 cm³/mol. The molecule has 2 aromatic rings. The van der Waals surface area contributed by atoms with Crippen molar-refractivity contribution in [1.82, 2.24) is 9.55 Å². The van der Waals surface area contributed by atoms with Crippen LogP contribution in [-0.2, 0) is 16.0 Å². The fraction of sp³-hybridized carbons (Fsp3) is 0.353. The Balaban J connectivity index is 2.13. The molecule has 0 atom stereocenters. The first-order valence-electron chi connectivity index (χ1n) is 7.74. The van der Waals surface area contributed by atoms with Crippen LogP contribution in [0, 0.1) is 0 Å². The minimum absolute atomic E-state index is 0.0000103. The van der Waals surface area contributed by atoms with Crippen LogP contribution in [-0.4, -0.2) is 40.5 Å². The van der Waals surface area contributed by atoms with Crippen LogP contribution < -0.4 is 0 Å². The number of imidazole rings is 1. The zero-order valence-electron chi connectivity index (χ0n) is 13.7. The molecule has 0 fully saturated rings. The molecular formula is C17H20N2O4S. The zero-order chi connectivity index (χ0) is 17.4. The fourth-order valence-corrected chi connectivity index (χ4v) is 2.97. The minimum Gasteiger partial charge on any atom is -0.461 e. The van der Waals surface area contributed by atoms with Crippen molar-refractivity contribution in [3.63, 3.8) is 0 Å². The second kappa shape index (κ2) is 9.12. The molecule has 1 aromatic carbocycles. The fourth-order valence-electron chi connectivity index (χ4n) is 2.09. The van der Waals surface area contributed by atoms with E-state index in [1.165, 1.54) is 6.33 Å². The van der Waals surface area contributed by atoms with Crippen LogP contribution in [0.25, 0.3) is 0 Å². The highest BCUT2D eigenvalue weighted by atomic mass is 32.2. The number of ether oxygens (including phenoxy) is 2. The standard InChI is InChI=1S/C17H20N2O4S/c1-3-22-16(20)14-15(17(21)23-4-2)19(12-18-14)10-11-24-13-8-6-5-7-9-13/h5-9,12H,3-4,10-11H2,1-2H3. The van der Waals surface area contributed by atoms with Crippen LogP contribution >= 0.6 is 11.8 Å². The first-order chi connectivity index (χ1) is 11.7. The predicted octanol–water partition coefficient (Wildman–Crippen LogP) is 3.03. The Morgan fingerprint density at radius 1 is 1.08 bits per heavy atom. The summed E-state index contributed by atoms with van der Waals surface area (Å²) in [5, 5.41) is 0. The molecule has 1 heterocycles. The summed E-state index contributed by atoms with van der Waals surface area (Å²) in [6.45, 7) is 4.40. The van der Waals surface area contributed by atoms with Crippen molar-refractivity contribution in [3.8, 4) is 0 Å². The van der Waals surface area contributed by atoms with Gasteiger partial charge in [-0.1, -0.05) is 18.2 Å². The molecule has 0 spiro atoms. The van der Waals surface area contributed by atoms with Crippen LogP contribution in [0.1, 0.15) is 34.8 Å². The molecule has 0 aliphatic carbocycles. The highest BCUT2D eigenvalue weighted by Gasteiger charge is 2.25. The van der Waals surface area contributed by atoms with Crippen LogP contribution in [0.3, 0.4) is 0 Å². The van der Waals surface area contributed by atoms with Gasteiger partial charge in [0.15, 0.2) is 11.4 Å². The third-order valence-corrected chi connectivity index (χ3v) is 4.11. The number of esters is 2. The van der Waals surface area contributed by atoms with Gasteiger partial charge in [0.05, 0.1) is 19.5 Å². The van der Waals surface area contributed by atoms with Crippen LogP contribution in [0.5, 0.6) is 0 Å². The summed E-state index contributed by atoms with van der Waals surface area (Å²) in [6.07, 6.45) is 1.48. The second-order valence-corrected chi connectivity index (χ2v) is 5.91. The average molecular weight is 348 g/mol. The van der Waals surface area contributed by atoms with E-state index in [9.17, 15) is 9.59 Å². The molecule has 0 aliphatic rings. The summed E-state index contributed by atoms with van der Waals surface area (Å²) in [6, 6.07) is 9.96. The number of benzene rings is 1. The molecular weight excluding hydrogens is 328 g/mol. The topological polar surface area (TPSA) is 70.4 Å². The van der Waals surface area contributed by atoms with E-state index in [0.717, 1.165) is 10.6 Å². The maximum atomic E-state index is 12.2. The van der Waals surface area contributed by atoms with E-state index in [1.807, 2.05) is 30.3 Å². The number of hydrogen-bond acceptors (Lipinski definition) is 6. The number of carbonyl (C=O) groups is 2. The van der Waals surface area contributed by atoms with E-state index in [-0.39, 0.29) is 24.6 Å². The van der Waals surface area contributed by atoms with Crippen LogP contribution in [0.4, 0.5) is 0 Å². The number of aromatic nitrogens is 2. The van der Waals surface area contributed by atoms with Crippen molar-refractivity contribution in [1.29, 1.82) is 0 Å². The minimum atomic E-state index is -0.616. The molecule has 7 heteroatoms. The Bertz CT molecular complexity index is 685. The molecule has 0 saturated heterocycles. The van der Waals surface area contributed by atoms with Gasteiger partial charge in [0.25, 0.3) is 0 Å². The maximum absolute atomic E-state index is 12.2. The lowest BCUT2D eigenvalue weighted by Crippen LogP contribution is -2.18. The van der Waals surface area contributed by atoms with Gasteiger partial charge in [0, 0.05) is 17.2 Å². The number of carbonyl (C=O) groups excluding carboxylic acids is 2. The summed E-state index contributed by atoms with van der Waals surface area (Å²) >= 11 is 1.66. The molecule has 0 unspecified atom stereocenters. The third kappa shape index (κ3) is 4.61. The van der Waals surface area contributed by atoms with Gasteiger partial charge in [-0.25, -0.2) is 14.6 Å². The van der Waals surface area contributed by atoms with Gasteiger partial charge in [-0.3, -0.25) is 0 Å². The first-order valence-corrected chi connectivity index (χ1v) is 8.73. The monoisotopic (exact) mass is 348 g/mol. The molecule has 0 saturated carbocycles. The Hall–Kier alpha value is -2.28. The Morgan fingerprint density at radius 3 is 2.42 bits per heavy atom. The van der Waals surface area contributed by atoms with Crippen molar-refractivity contribution >= 4 is 23.7 Å². The second-order valence-electron chi connectivity index (χ2n) is 4.74. The highest BCUT2D eigenvalue weighted by Crippen LogP contribution is 2.18. The quantitative estimate of drug-likeness (QED) is 0.539. The molecule has 24 heavy (non-hydrogen) atoms. The van der Waals surface area contributed by atoms with Gasteiger partial charge in [-0.05, 0) is 26.0 Å². The lowest BCUT2D eigenvalue weighted by atomic mass is 10.3. The number of aryl methyl sites for hydroxylation is 1. The smallest absolute Gasteiger partial charge is 0.359 e. The highest BCUT2D eigenvalue weighted by molar-refractivity contribution is 7.99. The first kappa shape index (κ1) is 18.1. The van der Waals surface area contributed by atoms with E-state index >= 15 is 0 Å². The van der Waals surface area contributed by atoms with Crippen molar-refractivity contribution in [2.24, 2.45) is 0 Å². The number of thioether (sulfide) groups is 1. The molecule has 0 radical (unpaired) electrons. The molecule has 0 aliphatic heterocycles. The molecule has 128 valence electrons. The van der Waals surface area contributed by atoms with E-state index in [4.69, 9.17) is 9.47 Å². The maximum Gasteiger partial charge on any atom is 0.359 e. The van der Waals surface area contributed by atoms with Crippen molar-refractivity contribution in [2.45, 2.75) is 25.3 Å². The number of rotatable bonds is 8. The molecule has 0 amide bonds. The lowest BCUT2D eigenvalue weighted by molar-refractivity contribution is 0.0467. The Kier molecular flexibility index (Phi) is 6.87. The van der Waals surface area contributed by atoms with Gasteiger partial charge < -0.3 is 14.0 Å². The van der Waals surface area contributed by atoms with Crippen molar-refractivity contribution in [2.75, 3.05) is 19.0 Å². The largest absolute Gasteiger partial charge is 0.461 e. The Labute approximate surface area is 145 Å². The van der Waals surface area contributed by atoms with Crippen molar-refractivity contribution < 1.29 is 19.1 Å². The normalized spacial score (nSPS) is 10.4. The van der Waals surface area contributed by atoms with Gasteiger partial charge in [-0.15, -0.1) is 11.8 Å². The van der Waals surface area contributed by atoms with E-state index in [2.05, 4.69) is 4.98 Å². The van der Waals surface area contributed by atoms with Crippen molar-refractivity contribution in [3.05, 3.63) is 48.0 Å². The van der Waals surface area contributed by atoms with Gasteiger partial charge in [0.2, 0.25) is 0 Å². The molecule has 2 rings (SSSR count). The Morgan fingerprint density at radius 2 is 1.75 bits per heavy atom. The number of hydrogen-bond donors (Lipinski definition) is 0. The third-order valence-electron chi connectivity index (χ3n) is 3.12. The lowest BCUT2D eigenvalue weighted by Gasteiger charge is -2.09. The average Bonchev–Trinajstić information content (AvgIpc) is 3.00. The summed E-state index contributed by atoms with van der Waals surface area (Å²) in [7, 11) is 0. The van der Waals surface area contributed by atoms with Crippen LogP contribution in [0.2, 0.25) is 0 Å². The van der Waals surface area contributed by atoms with E-state index in [0.29, 0.717) is 6.54 Å². The van der Waals surface area contributed by atoms with Crippen LogP contribution in [0.15, 0.2) is 41.6 Å². The van der Waals surface area contributed by atoms with Gasteiger partial charge in [-0.2, -0.15) is 0 Å². The summed E-state index contributed by atoms with van der Waals surface area (Å²) < 4.78 is 11.6. The van der Waals surface area contributed by atoms with Gasteiger partial charge in [0.1, 0.15) is 0 Å².